The summed E-state index contributed by atoms with van der Waals surface area (Å²) in [6.45, 7) is 4.07. The van der Waals surface area contributed by atoms with Crippen LogP contribution in [0, 0.1) is 6.92 Å². The molecule has 0 spiro atoms. The van der Waals surface area contributed by atoms with Crippen molar-refractivity contribution in [2.24, 2.45) is 0 Å². The molecule has 1 aromatic rings. The van der Waals surface area contributed by atoms with Crippen LogP contribution in [0.15, 0.2) is 24.3 Å². The van der Waals surface area contributed by atoms with E-state index in [-0.39, 0.29) is 24.3 Å². The van der Waals surface area contributed by atoms with E-state index in [0.717, 1.165) is 37.0 Å². The van der Waals surface area contributed by atoms with E-state index >= 15 is 0 Å². The lowest BCUT2D eigenvalue weighted by molar-refractivity contribution is -0.155. The minimum absolute atomic E-state index is 0.198. The Morgan fingerprint density at radius 2 is 2.00 bits per heavy atom. The van der Waals surface area contributed by atoms with Crippen molar-refractivity contribution in [1.82, 2.24) is 5.32 Å². The first-order valence-electron chi connectivity index (χ1n) is 9.24. The van der Waals surface area contributed by atoms with Gasteiger partial charge in [0.2, 0.25) is 0 Å². The van der Waals surface area contributed by atoms with Crippen molar-refractivity contribution < 1.29 is 19.1 Å². The van der Waals surface area contributed by atoms with Crippen molar-refractivity contribution in [1.29, 1.82) is 0 Å². The summed E-state index contributed by atoms with van der Waals surface area (Å²) in [5.74, 6) is 0.240. The van der Waals surface area contributed by atoms with Gasteiger partial charge in [-0.15, -0.1) is 0 Å². The second-order valence-corrected chi connectivity index (χ2v) is 6.74. The molecule has 5 nitrogen and oxygen atoms in total. The van der Waals surface area contributed by atoms with E-state index in [1.54, 1.807) is 6.92 Å². The Morgan fingerprint density at radius 1 is 1.24 bits per heavy atom. The molecule has 25 heavy (non-hydrogen) atoms. The van der Waals surface area contributed by atoms with Crippen molar-refractivity contribution in [3.8, 4) is 5.75 Å². The Bertz CT molecular complexity index is 567. The molecule has 1 amide bonds. The third kappa shape index (κ3) is 7.16. The van der Waals surface area contributed by atoms with Gasteiger partial charge in [0.05, 0.1) is 6.61 Å². The predicted molar refractivity (Wildman–Crippen MR) is 96.5 cm³/mol. The summed E-state index contributed by atoms with van der Waals surface area (Å²) in [6.07, 6.45) is 5.64. The highest BCUT2D eigenvalue weighted by Crippen LogP contribution is 2.17. The first kappa shape index (κ1) is 19.3. The van der Waals surface area contributed by atoms with Gasteiger partial charge in [-0.1, -0.05) is 31.4 Å². The molecule has 5 heteroatoms. The van der Waals surface area contributed by atoms with Gasteiger partial charge in [0.15, 0.2) is 6.10 Å². The average Bonchev–Trinajstić information content (AvgIpc) is 2.59. The maximum Gasteiger partial charge on any atom is 0.306 e. The first-order valence-corrected chi connectivity index (χ1v) is 9.24. The third-order valence-electron chi connectivity index (χ3n) is 4.41. The fourth-order valence-corrected chi connectivity index (χ4v) is 2.99. The van der Waals surface area contributed by atoms with Gasteiger partial charge in [-0.3, -0.25) is 9.59 Å². The summed E-state index contributed by atoms with van der Waals surface area (Å²) < 4.78 is 10.8. The molecule has 138 valence electrons. The number of benzene rings is 1. The number of hydrogen-bond donors (Lipinski definition) is 1. The number of carbonyl (C=O) groups excluding carboxylic acids is 2. The second kappa shape index (κ2) is 10.1. The first-order chi connectivity index (χ1) is 12.0. The number of nitrogens with one attached hydrogen (secondary N) is 1. The van der Waals surface area contributed by atoms with Crippen LogP contribution in [0.1, 0.15) is 57.4 Å². The van der Waals surface area contributed by atoms with Crippen LogP contribution in [0.5, 0.6) is 5.75 Å². The van der Waals surface area contributed by atoms with Gasteiger partial charge in [-0.05, 0) is 50.8 Å². The number of rotatable bonds is 8. The summed E-state index contributed by atoms with van der Waals surface area (Å²) in [4.78, 5) is 23.9. The number of amides is 1. The minimum Gasteiger partial charge on any atom is -0.494 e. The van der Waals surface area contributed by atoms with E-state index in [0.29, 0.717) is 13.0 Å². The zero-order valence-corrected chi connectivity index (χ0v) is 15.3. The van der Waals surface area contributed by atoms with Crippen LogP contribution in [0.3, 0.4) is 0 Å². The van der Waals surface area contributed by atoms with Crippen molar-refractivity contribution in [2.45, 2.75) is 70.9 Å². The summed E-state index contributed by atoms with van der Waals surface area (Å²) in [7, 11) is 0. The molecule has 0 aromatic heterocycles. The van der Waals surface area contributed by atoms with Crippen molar-refractivity contribution in [2.75, 3.05) is 6.61 Å². The lowest BCUT2D eigenvalue weighted by atomic mass is 9.95. The van der Waals surface area contributed by atoms with Crippen LogP contribution in [0.2, 0.25) is 0 Å². The van der Waals surface area contributed by atoms with Gasteiger partial charge >= 0.3 is 5.97 Å². The molecular weight excluding hydrogens is 318 g/mol. The molecule has 0 heterocycles. The van der Waals surface area contributed by atoms with E-state index in [2.05, 4.69) is 5.32 Å². The molecule has 2 rings (SSSR count). The third-order valence-corrected chi connectivity index (χ3v) is 4.41. The maximum absolute atomic E-state index is 12.1. The van der Waals surface area contributed by atoms with E-state index < -0.39 is 6.10 Å². The van der Waals surface area contributed by atoms with E-state index in [1.807, 2.05) is 31.2 Å². The monoisotopic (exact) mass is 347 g/mol. The molecule has 0 radical (unpaired) electrons. The van der Waals surface area contributed by atoms with Crippen molar-refractivity contribution in [3.05, 3.63) is 29.8 Å². The highest BCUT2D eigenvalue weighted by atomic mass is 16.5. The maximum atomic E-state index is 12.1. The Hall–Kier alpha value is -2.04. The molecule has 0 saturated heterocycles. The standard InChI is InChI=1S/C20H29NO4/c1-15-8-6-11-18(14-15)24-13-7-12-19(22)25-16(2)20(23)21-17-9-4-3-5-10-17/h6,8,11,14,16-17H,3-5,7,9-10,12-13H2,1-2H3,(H,21,23). The van der Waals surface area contributed by atoms with E-state index in [1.165, 1.54) is 6.42 Å². The molecule has 1 aliphatic rings. The number of carbonyl (C=O) groups is 2. The molecule has 1 aromatic carbocycles. The fourth-order valence-electron chi connectivity index (χ4n) is 2.99. The SMILES string of the molecule is Cc1cccc(OCCCC(=O)OC(C)C(=O)NC2CCCCC2)c1. The average molecular weight is 347 g/mol. The Labute approximate surface area is 150 Å². The zero-order chi connectivity index (χ0) is 18.1. The molecule has 1 saturated carbocycles. The van der Waals surface area contributed by atoms with E-state index in [9.17, 15) is 9.59 Å². The molecule has 1 N–H and O–H groups in total. The molecule has 0 aliphatic heterocycles. The molecule has 0 bridgehead atoms. The largest absolute Gasteiger partial charge is 0.494 e. The van der Waals surface area contributed by atoms with Crippen LogP contribution >= 0.6 is 0 Å². The Morgan fingerprint density at radius 3 is 2.72 bits per heavy atom. The Kier molecular flexibility index (Phi) is 7.76. The van der Waals surface area contributed by atoms with Crippen LogP contribution in [0.25, 0.3) is 0 Å². The lowest BCUT2D eigenvalue weighted by Crippen LogP contribution is -2.42. The lowest BCUT2D eigenvalue weighted by Gasteiger charge is -2.24. The molecule has 1 unspecified atom stereocenters. The summed E-state index contributed by atoms with van der Waals surface area (Å²) in [6, 6.07) is 8.01. The number of hydrogen-bond acceptors (Lipinski definition) is 4. The Balaban J connectivity index is 1.61. The van der Waals surface area contributed by atoms with Gasteiger partial charge in [-0.2, -0.15) is 0 Å². The highest BCUT2D eigenvalue weighted by Gasteiger charge is 2.22. The summed E-state index contributed by atoms with van der Waals surface area (Å²) in [5, 5.41) is 2.98. The smallest absolute Gasteiger partial charge is 0.306 e. The van der Waals surface area contributed by atoms with Gasteiger partial charge in [0.25, 0.3) is 5.91 Å². The number of ether oxygens (including phenoxy) is 2. The van der Waals surface area contributed by atoms with Crippen LogP contribution in [0.4, 0.5) is 0 Å². The zero-order valence-electron chi connectivity index (χ0n) is 15.3. The van der Waals surface area contributed by atoms with Crippen LogP contribution in [-0.4, -0.2) is 30.6 Å². The molecule has 1 aliphatic carbocycles. The topological polar surface area (TPSA) is 64.6 Å². The van der Waals surface area contributed by atoms with E-state index in [4.69, 9.17) is 9.47 Å². The van der Waals surface area contributed by atoms with Gasteiger partial charge in [0.1, 0.15) is 5.75 Å². The summed E-state index contributed by atoms with van der Waals surface area (Å²) in [5.41, 5.74) is 1.13. The fraction of sp³-hybridized carbons (Fsp3) is 0.600. The minimum atomic E-state index is -0.743. The number of esters is 1. The predicted octanol–water partition coefficient (Wildman–Crippen LogP) is 3.53. The second-order valence-electron chi connectivity index (χ2n) is 6.74. The number of aryl methyl sites for hydroxylation is 1. The van der Waals surface area contributed by atoms with Crippen molar-refractivity contribution >= 4 is 11.9 Å². The van der Waals surface area contributed by atoms with Crippen LogP contribution < -0.4 is 10.1 Å². The van der Waals surface area contributed by atoms with Gasteiger partial charge < -0.3 is 14.8 Å². The quantitative estimate of drug-likeness (QED) is 0.577. The van der Waals surface area contributed by atoms with Gasteiger partial charge in [0, 0.05) is 12.5 Å². The van der Waals surface area contributed by atoms with Crippen molar-refractivity contribution in [3.63, 3.8) is 0 Å². The molecular formula is C20H29NO4. The van der Waals surface area contributed by atoms with Gasteiger partial charge in [-0.25, -0.2) is 0 Å². The summed E-state index contributed by atoms with van der Waals surface area (Å²) >= 11 is 0. The van der Waals surface area contributed by atoms with Crippen LogP contribution in [-0.2, 0) is 14.3 Å². The molecule has 1 fully saturated rings. The normalized spacial score (nSPS) is 16.1. The highest BCUT2D eigenvalue weighted by molar-refractivity contribution is 5.83. The molecule has 1 atom stereocenters.